The van der Waals surface area contributed by atoms with Crippen molar-refractivity contribution in [3.05, 3.63) is 70.7 Å². The molecule has 2 rings (SSSR count). The van der Waals surface area contributed by atoms with Crippen LogP contribution in [0.2, 0.25) is 5.02 Å². The van der Waals surface area contributed by atoms with Crippen LogP contribution in [0.4, 0.5) is 0 Å². The zero-order chi connectivity index (χ0) is 15.8. The molecule has 0 aliphatic heterocycles. The third kappa shape index (κ3) is 5.51. The number of carbonyl (C=O) groups excluding carboxylic acids is 1. The average Bonchev–Trinajstić information content (AvgIpc) is 2.54. The molecule has 0 radical (unpaired) electrons. The third-order valence-electron chi connectivity index (χ3n) is 3.49. The van der Waals surface area contributed by atoms with Gasteiger partial charge in [-0.05, 0) is 42.5 Å². The molecule has 3 N–H and O–H groups in total. The Hall–Kier alpha value is -1.84. The summed E-state index contributed by atoms with van der Waals surface area (Å²) in [6.07, 6.45) is 2.35. The lowest BCUT2D eigenvalue weighted by Crippen LogP contribution is -2.42. The Morgan fingerprint density at radius 3 is 2.41 bits per heavy atom. The first-order valence-corrected chi connectivity index (χ1v) is 7.84. The van der Waals surface area contributed by atoms with E-state index in [2.05, 4.69) is 5.32 Å². The van der Waals surface area contributed by atoms with Gasteiger partial charge < -0.3 is 11.1 Å². The zero-order valence-electron chi connectivity index (χ0n) is 12.5. The summed E-state index contributed by atoms with van der Waals surface area (Å²) < 4.78 is 0. The van der Waals surface area contributed by atoms with Gasteiger partial charge in [-0.1, -0.05) is 54.1 Å². The maximum atomic E-state index is 11.9. The molecule has 1 amide bonds. The minimum absolute atomic E-state index is 0.0973. The predicted octanol–water partition coefficient (Wildman–Crippen LogP) is 2.96. The lowest BCUT2D eigenvalue weighted by molar-refractivity contribution is -0.122. The SMILES string of the molecule is N[C@@H](Cc1ccccc1)C(=O)NCCCc1ccc(Cl)cc1. The minimum atomic E-state index is -0.502. The van der Waals surface area contributed by atoms with Crippen LogP contribution < -0.4 is 11.1 Å². The van der Waals surface area contributed by atoms with Crippen molar-refractivity contribution >= 4 is 17.5 Å². The van der Waals surface area contributed by atoms with E-state index in [1.807, 2.05) is 54.6 Å². The fourth-order valence-corrected chi connectivity index (χ4v) is 2.37. The molecule has 2 aromatic carbocycles. The van der Waals surface area contributed by atoms with Crippen molar-refractivity contribution < 1.29 is 4.79 Å². The molecule has 0 unspecified atom stereocenters. The Morgan fingerprint density at radius 1 is 1.05 bits per heavy atom. The topological polar surface area (TPSA) is 55.1 Å². The molecule has 0 saturated heterocycles. The summed E-state index contributed by atoms with van der Waals surface area (Å²) in [6, 6.07) is 17.1. The number of benzene rings is 2. The summed E-state index contributed by atoms with van der Waals surface area (Å²) in [5.41, 5.74) is 8.22. The number of rotatable bonds is 7. The molecule has 3 nitrogen and oxygen atoms in total. The zero-order valence-corrected chi connectivity index (χ0v) is 13.2. The highest BCUT2D eigenvalue weighted by Gasteiger charge is 2.13. The summed E-state index contributed by atoms with van der Waals surface area (Å²) in [5, 5.41) is 3.63. The monoisotopic (exact) mass is 316 g/mol. The Kier molecular flexibility index (Phi) is 6.44. The van der Waals surface area contributed by atoms with Gasteiger partial charge in [0.15, 0.2) is 0 Å². The molecular formula is C18H21ClN2O. The van der Waals surface area contributed by atoms with Crippen LogP contribution in [0.25, 0.3) is 0 Å². The Bertz CT molecular complexity index is 584. The number of halogens is 1. The van der Waals surface area contributed by atoms with Crippen LogP contribution in [0.1, 0.15) is 17.5 Å². The van der Waals surface area contributed by atoms with Crippen LogP contribution in [0, 0.1) is 0 Å². The van der Waals surface area contributed by atoms with Gasteiger partial charge in [0, 0.05) is 11.6 Å². The molecular weight excluding hydrogens is 296 g/mol. The second-order valence-electron chi connectivity index (χ2n) is 5.32. The third-order valence-corrected chi connectivity index (χ3v) is 3.74. The molecule has 22 heavy (non-hydrogen) atoms. The fourth-order valence-electron chi connectivity index (χ4n) is 2.25. The van der Waals surface area contributed by atoms with Gasteiger partial charge in [0.25, 0.3) is 0 Å². The molecule has 0 saturated carbocycles. The second kappa shape index (κ2) is 8.57. The van der Waals surface area contributed by atoms with Crippen LogP contribution in [0.3, 0.4) is 0 Å². The Labute approximate surface area is 136 Å². The summed E-state index contributed by atoms with van der Waals surface area (Å²) in [5.74, 6) is -0.0973. The van der Waals surface area contributed by atoms with Crippen LogP contribution in [-0.4, -0.2) is 18.5 Å². The molecule has 0 aromatic heterocycles. The molecule has 0 aliphatic carbocycles. The number of nitrogens with one attached hydrogen (secondary N) is 1. The molecule has 0 spiro atoms. The highest BCUT2D eigenvalue weighted by atomic mass is 35.5. The van der Waals surface area contributed by atoms with E-state index in [-0.39, 0.29) is 5.91 Å². The standard InChI is InChI=1S/C18H21ClN2O/c19-16-10-8-14(9-11-16)7-4-12-21-18(22)17(20)13-15-5-2-1-3-6-15/h1-3,5-6,8-11,17H,4,7,12-13,20H2,(H,21,22)/t17-/m0/s1. The Morgan fingerprint density at radius 2 is 1.73 bits per heavy atom. The predicted molar refractivity (Wildman–Crippen MR) is 90.9 cm³/mol. The summed E-state index contributed by atoms with van der Waals surface area (Å²) >= 11 is 5.84. The maximum Gasteiger partial charge on any atom is 0.237 e. The molecule has 116 valence electrons. The lowest BCUT2D eigenvalue weighted by atomic mass is 10.1. The van der Waals surface area contributed by atoms with Crippen LogP contribution in [-0.2, 0) is 17.6 Å². The first kappa shape index (κ1) is 16.5. The first-order valence-electron chi connectivity index (χ1n) is 7.47. The minimum Gasteiger partial charge on any atom is -0.355 e. The first-order chi connectivity index (χ1) is 10.6. The van der Waals surface area contributed by atoms with Crippen molar-refractivity contribution in [2.24, 2.45) is 5.73 Å². The van der Waals surface area contributed by atoms with Gasteiger partial charge in [0.05, 0.1) is 6.04 Å². The van der Waals surface area contributed by atoms with E-state index in [1.165, 1.54) is 5.56 Å². The molecule has 1 atom stereocenters. The van der Waals surface area contributed by atoms with E-state index in [9.17, 15) is 4.79 Å². The highest BCUT2D eigenvalue weighted by molar-refractivity contribution is 6.30. The number of nitrogens with two attached hydrogens (primary N) is 1. The molecule has 0 heterocycles. The van der Waals surface area contributed by atoms with Crippen LogP contribution in [0.15, 0.2) is 54.6 Å². The van der Waals surface area contributed by atoms with Crippen LogP contribution in [0.5, 0.6) is 0 Å². The van der Waals surface area contributed by atoms with E-state index < -0.39 is 6.04 Å². The van der Waals surface area contributed by atoms with E-state index in [1.54, 1.807) is 0 Å². The molecule has 0 fully saturated rings. The van der Waals surface area contributed by atoms with E-state index in [0.29, 0.717) is 13.0 Å². The van der Waals surface area contributed by atoms with Crippen molar-refractivity contribution in [3.8, 4) is 0 Å². The molecule has 2 aromatic rings. The summed E-state index contributed by atoms with van der Waals surface area (Å²) in [7, 11) is 0. The largest absolute Gasteiger partial charge is 0.355 e. The van der Waals surface area contributed by atoms with E-state index in [0.717, 1.165) is 23.4 Å². The van der Waals surface area contributed by atoms with E-state index in [4.69, 9.17) is 17.3 Å². The van der Waals surface area contributed by atoms with Gasteiger partial charge >= 0.3 is 0 Å². The van der Waals surface area contributed by atoms with Crippen molar-refractivity contribution in [2.75, 3.05) is 6.54 Å². The Balaban J connectivity index is 1.67. The van der Waals surface area contributed by atoms with Crippen molar-refractivity contribution in [2.45, 2.75) is 25.3 Å². The maximum absolute atomic E-state index is 11.9. The summed E-state index contributed by atoms with van der Waals surface area (Å²) in [6.45, 7) is 0.629. The molecule has 0 bridgehead atoms. The van der Waals surface area contributed by atoms with Crippen molar-refractivity contribution in [1.82, 2.24) is 5.32 Å². The average molecular weight is 317 g/mol. The highest BCUT2D eigenvalue weighted by Crippen LogP contribution is 2.10. The summed E-state index contributed by atoms with van der Waals surface area (Å²) in [4.78, 5) is 11.9. The van der Waals surface area contributed by atoms with Crippen molar-refractivity contribution in [1.29, 1.82) is 0 Å². The number of hydrogen-bond donors (Lipinski definition) is 2. The second-order valence-corrected chi connectivity index (χ2v) is 5.75. The number of hydrogen-bond acceptors (Lipinski definition) is 2. The normalized spacial score (nSPS) is 11.9. The number of aryl methyl sites for hydroxylation is 1. The quantitative estimate of drug-likeness (QED) is 0.772. The van der Waals surface area contributed by atoms with Crippen molar-refractivity contribution in [3.63, 3.8) is 0 Å². The van der Waals surface area contributed by atoms with Gasteiger partial charge in [-0.25, -0.2) is 0 Å². The van der Waals surface area contributed by atoms with Crippen LogP contribution >= 0.6 is 11.6 Å². The van der Waals surface area contributed by atoms with Gasteiger partial charge in [-0.3, -0.25) is 4.79 Å². The molecule has 4 heteroatoms. The van der Waals surface area contributed by atoms with Gasteiger partial charge in [0.1, 0.15) is 0 Å². The lowest BCUT2D eigenvalue weighted by Gasteiger charge is -2.12. The number of carbonyl (C=O) groups is 1. The van der Waals surface area contributed by atoms with E-state index >= 15 is 0 Å². The van der Waals surface area contributed by atoms with Gasteiger partial charge in [0.2, 0.25) is 5.91 Å². The smallest absolute Gasteiger partial charge is 0.237 e. The molecule has 0 aliphatic rings. The van der Waals surface area contributed by atoms with Gasteiger partial charge in [-0.15, -0.1) is 0 Å². The fraction of sp³-hybridized carbons (Fsp3) is 0.278. The van der Waals surface area contributed by atoms with Gasteiger partial charge in [-0.2, -0.15) is 0 Å². The number of amides is 1.